The van der Waals surface area contributed by atoms with Crippen LogP contribution < -0.4 is 0 Å². The summed E-state index contributed by atoms with van der Waals surface area (Å²) in [7, 11) is 0. The maximum absolute atomic E-state index is 2.52. The van der Waals surface area contributed by atoms with Gasteiger partial charge < -0.3 is 0 Å². The summed E-state index contributed by atoms with van der Waals surface area (Å²) in [6, 6.07) is 0.881. The fraction of sp³-hybridized carbons (Fsp3) is 1.00. The summed E-state index contributed by atoms with van der Waals surface area (Å²) in [6.07, 6.45) is 7.32. The van der Waals surface area contributed by atoms with E-state index in [9.17, 15) is 0 Å². The smallest absolute Gasteiger partial charge is 0.0204 e. The van der Waals surface area contributed by atoms with Gasteiger partial charge in [-0.1, -0.05) is 6.92 Å². The van der Waals surface area contributed by atoms with E-state index in [4.69, 9.17) is 0 Å². The van der Waals surface area contributed by atoms with Crippen LogP contribution in [0.2, 0.25) is 0 Å². The molecule has 0 aromatic carbocycles. The number of hydrogen-bond donors (Lipinski definition) is 0. The molecule has 2 fully saturated rings. The average Bonchev–Trinajstić information content (AvgIpc) is 2.76. The van der Waals surface area contributed by atoms with Crippen molar-refractivity contribution in [2.24, 2.45) is 5.41 Å². The molecule has 0 unspecified atom stereocenters. The van der Waals surface area contributed by atoms with Crippen LogP contribution in [0, 0.1) is 5.41 Å². The summed E-state index contributed by atoms with van der Waals surface area (Å²) < 4.78 is 2.52. The first-order valence-electron chi connectivity index (χ1n) is 4.68. The largest absolute Gasteiger partial charge is 0.244 e. The Bertz CT molecular complexity index is 154. The van der Waals surface area contributed by atoms with Gasteiger partial charge in [-0.05, 0) is 37.5 Å². The summed E-state index contributed by atoms with van der Waals surface area (Å²) in [5.74, 6) is 0. The maximum atomic E-state index is 2.52. The Morgan fingerprint density at radius 1 is 1.45 bits per heavy atom. The van der Waals surface area contributed by atoms with E-state index in [-0.39, 0.29) is 0 Å². The van der Waals surface area contributed by atoms with Crippen molar-refractivity contribution >= 4 is 22.9 Å². The lowest BCUT2D eigenvalue weighted by Crippen LogP contribution is -2.36. The number of piperidine rings is 1. The molecule has 1 saturated heterocycles. The molecule has 0 N–H and O–H groups in total. The van der Waals surface area contributed by atoms with Crippen LogP contribution >= 0.6 is 22.9 Å². The molecule has 1 atom stereocenters. The van der Waals surface area contributed by atoms with E-state index in [1.807, 2.05) is 0 Å². The molecule has 0 aromatic heterocycles. The van der Waals surface area contributed by atoms with E-state index in [1.54, 1.807) is 0 Å². The number of nitrogens with zero attached hydrogens (tertiary/aromatic N) is 1. The molecule has 0 bridgehead atoms. The van der Waals surface area contributed by atoms with Gasteiger partial charge in [0.05, 0.1) is 0 Å². The molecule has 2 rings (SSSR count). The molecule has 1 aliphatic carbocycles. The zero-order chi connectivity index (χ0) is 7.90. The zero-order valence-corrected chi connectivity index (χ0v) is 9.30. The van der Waals surface area contributed by atoms with Gasteiger partial charge in [-0.25, -0.2) is 3.11 Å². The van der Waals surface area contributed by atoms with Crippen molar-refractivity contribution in [2.75, 3.05) is 6.54 Å². The van der Waals surface area contributed by atoms with Gasteiger partial charge >= 0.3 is 0 Å². The van der Waals surface area contributed by atoms with Gasteiger partial charge in [-0.2, -0.15) is 0 Å². The van der Waals surface area contributed by atoms with Crippen LogP contribution in [0.3, 0.4) is 0 Å². The topological polar surface area (TPSA) is 3.24 Å². The quantitative estimate of drug-likeness (QED) is 0.520. The van der Waals surface area contributed by atoms with Gasteiger partial charge in [0.15, 0.2) is 0 Å². The molecule has 0 radical (unpaired) electrons. The van der Waals surface area contributed by atoms with Crippen molar-refractivity contribution in [3.05, 3.63) is 0 Å². The van der Waals surface area contributed by atoms with Gasteiger partial charge in [-0.15, -0.1) is 0 Å². The molecular formula is C9H16IN. The molecule has 64 valence electrons. The number of halogens is 1. The highest BCUT2D eigenvalue weighted by molar-refractivity contribution is 14.1. The molecule has 11 heavy (non-hydrogen) atoms. The van der Waals surface area contributed by atoms with Crippen LogP contribution in [0.1, 0.15) is 39.0 Å². The molecule has 1 saturated carbocycles. The van der Waals surface area contributed by atoms with Crippen molar-refractivity contribution < 1.29 is 0 Å². The van der Waals surface area contributed by atoms with Crippen molar-refractivity contribution in [1.82, 2.24) is 3.11 Å². The molecule has 1 nitrogen and oxygen atoms in total. The summed E-state index contributed by atoms with van der Waals surface area (Å²) in [6.45, 7) is 3.65. The van der Waals surface area contributed by atoms with Gasteiger partial charge in [0, 0.05) is 35.5 Å². The predicted molar refractivity (Wildman–Crippen MR) is 55.7 cm³/mol. The third kappa shape index (κ3) is 1.57. The number of rotatable bonds is 1. The molecule has 2 heteroatoms. The molecule has 2 aliphatic rings. The first-order valence-corrected chi connectivity index (χ1v) is 5.65. The summed E-state index contributed by atoms with van der Waals surface area (Å²) in [5.41, 5.74) is 0.836. The van der Waals surface area contributed by atoms with Gasteiger partial charge in [0.25, 0.3) is 0 Å². The third-order valence-corrected chi connectivity index (χ3v) is 4.62. The molecule has 1 aliphatic heterocycles. The summed E-state index contributed by atoms with van der Waals surface area (Å²) >= 11 is 2.50. The fourth-order valence-corrected chi connectivity index (χ4v) is 3.03. The van der Waals surface area contributed by atoms with Crippen molar-refractivity contribution in [3.8, 4) is 0 Å². The van der Waals surface area contributed by atoms with E-state index in [2.05, 4.69) is 32.9 Å². The van der Waals surface area contributed by atoms with Crippen molar-refractivity contribution in [2.45, 2.75) is 45.1 Å². The Hall–Kier alpha value is 0.690. The van der Waals surface area contributed by atoms with Crippen molar-refractivity contribution in [1.29, 1.82) is 0 Å². The van der Waals surface area contributed by atoms with Crippen LogP contribution in [0.5, 0.6) is 0 Å². The molecule has 0 amide bonds. The molecule has 0 aromatic rings. The van der Waals surface area contributed by atoms with E-state index >= 15 is 0 Å². The third-order valence-electron chi connectivity index (χ3n) is 3.35. The first-order chi connectivity index (χ1) is 5.26. The Kier molecular flexibility index (Phi) is 2.17. The minimum Gasteiger partial charge on any atom is -0.244 e. The van der Waals surface area contributed by atoms with E-state index in [1.165, 1.54) is 38.6 Å². The second-order valence-corrected chi connectivity index (χ2v) is 5.38. The Labute approximate surface area is 83.0 Å². The summed E-state index contributed by atoms with van der Waals surface area (Å²) in [5, 5.41) is 0. The van der Waals surface area contributed by atoms with Crippen molar-refractivity contribution in [3.63, 3.8) is 0 Å². The second-order valence-electron chi connectivity index (χ2n) is 4.14. The predicted octanol–water partition coefficient (Wildman–Crippen LogP) is 2.99. The molecule has 1 heterocycles. The van der Waals surface area contributed by atoms with Gasteiger partial charge in [-0.3, -0.25) is 0 Å². The number of hydrogen-bond acceptors (Lipinski definition) is 1. The SMILES string of the molecule is CC[C@H]1CC2(CCN1I)CC2. The lowest BCUT2D eigenvalue weighted by atomic mass is 9.88. The average molecular weight is 265 g/mol. The maximum Gasteiger partial charge on any atom is 0.0204 e. The van der Waals surface area contributed by atoms with E-state index in [0.29, 0.717) is 0 Å². The molecule has 1 spiro atoms. The monoisotopic (exact) mass is 265 g/mol. The Morgan fingerprint density at radius 3 is 2.73 bits per heavy atom. The lowest BCUT2D eigenvalue weighted by molar-refractivity contribution is 0.208. The van der Waals surface area contributed by atoms with Gasteiger partial charge in [0.1, 0.15) is 0 Å². The zero-order valence-electron chi connectivity index (χ0n) is 7.15. The minimum absolute atomic E-state index is 0.836. The Morgan fingerprint density at radius 2 is 2.18 bits per heavy atom. The highest BCUT2D eigenvalue weighted by Crippen LogP contribution is 2.55. The van der Waals surface area contributed by atoms with Crippen LogP contribution in [-0.4, -0.2) is 15.7 Å². The first kappa shape index (κ1) is 8.30. The highest BCUT2D eigenvalue weighted by Gasteiger charge is 2.47. The van der Waals surface area contributed by atoms with Gasteiger partial charge in [0.2, 0.25) is 0 Å². The van der Waals surface area contributed by atoms with Crippen LogP contribution in [0.25, 0.3) is 0 Å². The van der Waals surface area contributed by atoms with E-state index < -0.39 is 0 Å². The lowest BCUT2D eigenvalue weighted by Gasteiger charge is -2.35. The minimum atomic E-state index is 0.836. The van der Waals surface area contributed by atoms with E-state index in [0.717, 1.165) is 11.5 Å². The fourth-order valence-electron chi connectivity index (χ4n) is 2.20. The highest BCUT2D eigenvalue weighted by atomic mass is 127. The second kappa shape index (κ2) is 2.87. The van der Waals surface area contributed by atoms with Crippen LogP contribution in [0.4, 0.5) is 0 Å². The normalized spacial score (nSPS) is 36.0. The summed E-state index contributed by atoms with van der Waals surface area (Å²) in [4.78, 5) is 0. The molecular weight excluding hydrogens is 249 g/mol. The van der Waals surface area contributed by atoms with Crippen LogP contribution in [0.15, 0.2) is 0 Å². The standard InChI is InChI=1S/C9H16IN/c1-2-8-7-9(3-4-9)5-6-11(8)10/h8H,2-7H2,1H3/t8-/m0/s1. The van der Waals surface area contributed by atoms with Crippen LogP contribution in [-0.2, 0) is 0 Å². The Balaban J connectivity index is 1.96.